The maximum Gasteiger partial charge on any atom is 0.325 e. The fourth-order valence-corrected chi connectivity index (χ4v) is 5.43. The standard InChI is InChI=1S/C28H28N4O3S/c1-4-16-35-23-15-14-19-10-6-7-11-20(19)24(23)27-31(18(3)33)22-13-9-8-12-21(22)25-26(34)29-28(30-32(25)27)36-17-5-2/h6-15,27H,4-5,16-17H2,1-3H3/p+1. The number of amides is 1. The van der Waals surface area contributed by atoms with Crippen molar-refractivity contribution in [2.75, 3.05) is 17.3 Å². The van der Waals surface area contributed by atoms with Gasteiger partial charge in [-0.1, -0.05) is 68.1 Å². The van der Waals surface area contributed by atoms with Crippen molar-refractivity contribution in [1.29, 1.82) is 0 Å². The molecule has 2 heterocycles. The molecule has 0 bridgehead atoms. The summed E-state index contributed by atoms with van der Waals surface area (Å²) in [6, 6.07) is 19.5. The van der Waals surface area contributed by atoms with Gasteiger partial charge in [0.25, 0.3) is 6.17 Å². The van der Waals surface area contributed by atoms with E-state index in [-0.39, 0.29) is 11.5 Å². The van der Waals surface area contributed by atoms with Crippen LogP contribution in [0.25, 0.3) is 22.0 Å². The maximum atomic E-state index is 13.5. The van der Waals surface area contributed by atoms with E-state index in [0.717, 1.165) is 34.9 Å². The van der Waals surface area contributed by atoms with Crippen LogP contribution < -0.4 is 19.9 Å². The first-order valence-electron chi connectivity index (χ1n) is 12.3. The highest BCUT2D eigenvalue weighted by Gasteiger charge is 2.46. The van der Waals surface area contributed by atoms with Crippen molar-refractivity contribution in [2.24, 2.45) is 0 Å². The van der Waals surface area contributed by atoms with Crippen LogP contribution in [0.15, 0.2) is 70.6 Å². The van der Waals surface area contributed by atoms with Crippen LogP contribution in [0.4, 0.5) is 5.69 Å². The molecule has 7 nitrogen and oxygen atoms in total. The van der Waals surface area contributed by atoms with Crippen molar-refractivity contribution >= 4 is 34.1 Å². The molecule has 36 heavy (non-hydrogen) atoms. The van der Waals surface area contributed by atoms with Crippen LogP contribution in [0.1, 0.15) is 45.3 Å². The first kappa shape index (κ1) is 24.1. The molecule has 0 spiro atoms. The topological polar surface area (TPSA) is 79.2 Å². The molecule has 3 aromatic carbocycles. The Bertz CT molecular complexity index is 1500. The molecular formula is C28H29N4O3S+. The molecular weight excluding hydrogens is 472 g/mol. The van der Waals surface area contributed by atoms with Crippen LogP contribution in [-0.4, -0.2) is 28.3 Å². The number of ether oxygens (including phenoxy) is 1. The lowest BCUT2D eigenvalue weighted by Crippen LogP contribution is -2.60. The van der Waals surface area contributed by atoms with Gasteiger partial charge in [-0.3, -0.25) is 14.6 Å². The second-order valence-corrected chi connectivity index (χ2v) is 9.81. The predicted molar refractivity (Wildman–Crippen MR) is 143 cm³/mol. The monoisotopic (exact) mass is 501 g/mol. The molecule has 1 amide bonds. The van der Waals surface area contributed by atoms with Crippen LogP contribution in [0.5, 0.6) is 5.75 Å². The molecule has 1 aliphatic rings. The van der Waals surface area contributed by atoms with Gasteiger partial charge < -0.3 is 4.74 Å². The molecule has 0 fully saturated rings. The summed E-state index contributed by atoms with van der Waals surface area (Å²) in [6.07, 6.45) is 1.09. The van der Waals surface area contributed by atoms with E-state index in [2.05, 4.69) is 18.8 Å². The van der Waals surface area contributed by atoms with Gasteiger partial charge in [-0.05, 0) is 46.5 Å². The summed E-state index contributed by atoms with van der Waals surface area (Å²) in [5.41, 5.74) is 2.33. The lowest BCUT2D eigenvalue weighted by Gasteiger charge is -2.32. The van der Waals surface area contributed by atoms with Crippen LogP contribution in [-0.2, 0) is 4.79 Å². The molecule has 0 saturated heterocycles. The highest BCUT2D eigenvalue weighted by Crippen LogP contribution is 2.42. The minimum atomic E-state index is -0.700. The normalized spacial score (nSPS) is 14.4. The summed E-state index contributed by atoms with van der Waals surface area (Å²) in [4.78, 5) is 31.5. The van der Waals surface area contributed by atoms with E-state index in [0.29, 0.717) is 34.5 Å². The number of carbonyl (C=O) groups is 1. The van der Waals surface area contributed by atoms with Crippen molar-refractivity contribution in [3.63, 3.8) is 0 Å². The molecule has 0 saturated carbocycles. The van der Waals surface area contributed by atoms with Crippen molar-refractivity contribution in [2.45, 2.75) is 44.9 Å². The number of carbonyl (C=O) groups excluding carboxylic acids is 1. The maximum absolute atomic E-state index is 13.5. The van der Waals surface area contributed by atoms with Gasteiger partial charge in [0, 0.05) is 17.8 Å². The average molecular weight is 502 g/mol. The Labute approximate surface area is 214 Å². The Morgan fingerprint density at radius 1 is 1.08 bits per heavy atom. The molecule has 1 aliphatic heterocycles. The molecule has 0 radical (unpaired) electrons. The summed E-state index contributed by atoms with van der Waals surface area (Å²) in [6.45, 7) is 6.22. The zero-order valence-electron chi connectivity index (χ0n) is 20.7. The predicted octanol–water partition coefficient (Wildman–Crippen LogP) is 5.08. The van der Waals surface area contributed by atoms with Crippen molar-refractivity contribution in [3.8, 4) is 17.0 Å². The summed E-state index contributed by atoms with van der Waals surface area (Å²) in [5.74, 6) is 1.35. The quantitative estimate of drug-likeness (QED) is 0.282. The number of hydrogen-bond donors (Lipinski definition) is 1. The second kappa shape index (κ2) is 10.1. The number of H-pyrrole nitrogens is 1. The van der Waals surface area contributed by atoms with Gasteiger partial charge in [-0.25, -0.2) is 4.90 Å². The van der Waals surface area contributed by atoms with E-state index >= 15 is 0 Å². The van der Waals surface area contributed by atoms with Gasteiger partial charge >= 0.3 is 11.3 Å². The summed E-state index contributed by atoms with van der Waals surface area (Å²) >= 11 is 1.50. The van der Waals surface area contributed by atoms with Gasteiger partial charge in [0.2, 0.25) is 11.1 Å². The largest absolute Gasteiger partial charge is 0.493 e. The SMILES string of the molecule is CCCOc1ccc2ccccc2c1C1N(C(C)=O)c2ccccc2-c2c(=O)[nH]c(SCCC)n[n+]21. The molecule has 1 unspecified atom stereocenters. The molecule has 8 heteroatoms. The number of nitrogens with one attached hydrogen (secondary N) is 1. The lowest BCUT2D eigenvalue weighted by atomic mass is 9.96. The van der Waals surface area contributed by atoms with Crippen LogP contribution in [0.3, 0.4) is 0 Å². The van der Waals surface area contributed by atoms with Crippen molar-refractivity contribution in [3.05, 3.63) is 76.6 Å². The number of aromatic amines is 1. The van der Waals surface area contributed by atoms with Crippen LogP contribution >= 0.6 is 11.8 Å². The Hall–Kier alpha value is -3.65. The molecule has 1 aromatic heterocycles. The number of para-hydroxylation sites is 1. The van der Waals surface area contributed by atoms with Crippen LogP contribution in [0.2, 0.25) is 0 Å². The molecule has 5 rings (SSSR count). The third-order valence-electron chi connectivity index (χ3n) is 6.19. The van der Waals surface area contributed by atoms with Gasteiger partial charge in [0.1, 0.15) is 5.75 Å². The minimum Gasteiger partial charge on any atom is -0.493 e. The third kappa shape index (κ3) is 4.15. The third-order valence-corrected chi connectivity index (χ3v) is 7.26. The van der Waals surface area contributed by atoms with Gasteiger partial charge in [0.05, 0.1) is 23.4 Å². The highest BCUT2D eigenvalue weighted by atomic mass is 32.2. The summed E-state index contributed by atoms with van der Waals surface area (Å²) in [7, 11) is 0. The van der Waals surface area contributed by atoms with E-state index in [9.17, 15) is 9.59 Å². The Kier molecular flexibility index (Phi) is 6.78. The number of benzene rings is 3. The second-order valence-electron chi connectivity index (χ2n) is 8.73. The minimum absolute atomic E-state index is 0.148. The zero-order valence-corrected chi connectivity index (χ0v) is 21.5. The molecule has 4 aromatic rings. The van der Waals surface area contributed by atoms with E-state index in [1.807, 2.05) is 60.7 Å². The van der Waals surface area contributed by atoms with Crippen LogP contribution in [0, 0.1) is 0 Å². The number of hydrogen-bond acceptors (Lipinski definition) is 5. The average Bonchev–Trinajstić information content (AvgIpc) is 2.89. The Morgan fingerprint density at radius 3 is 2.64 bits per heavy atom. The molecule has 184 valence electrons. The highest BCUT2D eigenvalue weighted by molar-refractivity contribution is 7.99. The van der Waals surface area contributed by atoms with Gasteiger partial charge in [0.15, 0.2) is 0 Å². The number of aromatic nitrogens is 3. The zero-order chi connectivity index (χ0) is 25.2. The lowest BCUT2D eigenvalue weighted by molar-refractivity contribution is -0.763. The molecule has 1 N–H and O–H groups in total. The van der Waals surface area contributed by atoms with E-state index < -0.39 is 6.17 Å². The fraction of sp³-hybridized carbons (Fsp3) is 0.286. The summed E-state index contributed by atoms with van der Waals surface area (Å²) < 4.78 is 7.94. The number of fused-ring (bicyclic) bond motifs is 4. The van der Waals surface area contributed by atoms with E-state index in [1.54, 1.807) is 16.5 Å². The van der Waals surface area contributed by atoms with Crippen molar-refractivity contribution in [1.82, 2.24) is 10.1 Å². The van der Waals surface area contributed by atoms with Gasteiger partial charge in [-0.15, -0.1) is 0 Å². The molecule has 0 aliphatic carbocycles. The fourth-order valence-electron chi connectivity index (χ4n) is 4.72. The first-order chi connectivity index (χ1) is 17.5. The summed E-state index contributed by atoms with van der Waals surface area (Å²) in [5, 5.41) is 7.40. The Balaban J connectivity index is 1.88. The smallest absolute Gasteiger partial charge is 0.325 e. The number of anilines is 1. The van der Waals surface area contributed by atoms with E-state index in [1.165, 1.54) is 11.8 Å². The number of thioether (sulfide) groups is 1. The van der Waals surface area contributed by atoms with Gasteiger partial charge in [-0.2, -0.15) is 0 Å². The van der Waals surface area contributed by atoms with Crippen molar-refractivity contribution < 1.29 is 14.2 Å². The molecule has 1 atom stereocenters. The number of nitrogens with zero attached hydrogens (tertiary/aromatic N) is 3. The van der Waals surface area contributed by atoms with E-state index in [4.69, 9.17) is 9.84 Å². The Morgan fingerprint density at radius 2 is 1.86 bits per heavy atom. The first-order valence-corrected chi connectivity index (χ1v) is 13.3. The number of rotatable bonds is 7.